The van der Waals surface area contributed by atoms with Gasteiger partial charge in [0.1, 0.15) is 17.1 Å². The predicted molar refractivity (Wildman–Crippen MR) is 147 cm³/mol. The molecule has 1 atom stereocenters. The molecular weight excluding hydrogens is 505 g/mol. The Morgan fingerprint density at radius 1 is 0.821 bits per heavy atom. The van der Waals surface area contributed by atoms with Crippen molar-refractivity contribution in [1.29, 1.82) is 0 Å². The monoisotopic (exact) mass is 540 g/mol. The Balaban J connectivity index is 1.52. The molecule has 0 radical (unpaired) electrons. The molecule has 0 amide bonds. The molecule has 0 spiro atoms. The minimum Gasteiger partial charge on any atom is -0.497 e. The summed E-state index contributed by atoms with van der Waals surface area (Å²) in [5.74, 6) is 1.43. The lowest BCUT2D eigenvalue weighted by atomic mass is 9.74. The van der Waals surface area contributed by atoms with E-state index in [0.29, 0.717) is 16.9 Å². The molecule has 2 aliphatic heterocycles. The fourth-order valence-electron chi connectivity index (χ4n) is 6.15. The number of nitrogens with zero attached hydrogens (tertiary/aromatic N) is 2. The maximum Gasteiger partial charge on any atom is 0.416 e. The van der Waals surface area contributed by atoms with Gasteiger partial charge in [-0.05, 0) is 93.3 Å². The van der Waals surface area contributed by atoms with Gasteiger partial charge in [0.05, 0.1) is 12.7 Å². The molecular formula is C31H35F3N2O3. The van der Waals surface area contributed by atoms with E-state index in [2.05, 4.69) is 28.9 Å². The SMILES string of the molecule is COc1ccc(N2CCN(c3c(C)c(C)c4c(c3C)C(O)(c3ccc(C(F)(F)F)cc3)C(C)(C)O4)CC2)cc1. The molecule has 39 heavy (non-hydrogen) atoms. The third-order valence-corrected chi connectivity index (χ3v) is 8.47. The van der Waals surface area contributed by atoms with Gasteiger partial charge in [-0.3, -0.25) is 0 Å². The van der Waals surface area contributed by atoms with Crippen LogP contribution in [0.3, 0.4) is 0 Å². The Hall–Kier alpha value is -3.39. The van der Waals surface area contributed by atoms with E-state index < -0.39 is 22.9 Å². The van der Waals surface area contributed by atoms with E-state index in [1.807, 2.05) is 26.0 Å². The molecule has 0 bridgehead atoms. The number of rotatable bonds is 4. The minimum atomic E-state index is -4.45. The highest BCUT2D eigenvalue weighted by Crippen LogP contribution is 2.56. The number of fused-ring (bicyclic) bond motifs is 1. The van der Waals surface area contributed by atoms with E-state index >= 15 is 0 Å². The molecule has 2 heterocycles. The maximum absolute atomic E-state index is 13.3. The summed E-state index contributed by atoms with van der Waals surface area (Å²) in [6.45, 7) is 12.8. The van der Waals surface area contributed by atoms with Crippen molar-refractivity contribution in [2.45, 2.75) is 52.0 Å². The van der Waals surface area contributed by atoms with Gasteiger partial charge < -0.3 is 24.4 Å². The molecule has 3 aromatic carbocycles. The first kappa shape index (κ1) is 27.2. The minimum absolute atomic E-state index is 0.376. The lowest BCUT2D eigenvalue weighted by molar-refractivity contribution is -0.137. The average molecular weight is 541 g/mol. The third-order valence-electron chi connectivity index (χ3n) is 8.47. The molecule has 1 fully saturated rings. The van der Waals surface area contributed by atoms with E-state index in [1.54, 1.807) is 21.0 Å². The lowest BCUT2D eigenvalue weighted by Gasteiger charge is -2.40. The van der Waals surface area contributed by atoms with Crippen LogP contribution in [0.1, 0.15) is 47.2 Å². The van der Waals surface area contributed by atoms with Crippen molar-refractivity contribution in [1.82, 2.24) is 0 Å². The van der Waals surface area contributed by atoms with Crippen molar-refractivity contribution >= 4 is 11.4 Å². The Labute approximate surface area is 227 Å². The maximum atomic E-state index is 13.3. The van der Waals surface area contributed by atoms with Gasteiger partial charge in [0.15, 0.2) is 5.60 Å². The summed E-state index contributed by atoms with van der Waals surface area (Å²) in [5.41, 5.74) is 2.61. The lowest BCUT2D eigenvalue weighted by Crippen LogP contribution is -2.48. The first-order chi connectivity index (χ1) is 18.3. The summed E-state index contributed by atoms with van der Waals surface area (Å²) in [5, 5.41) is 12.3. The van der Waals surface area contributed by atoms with Crippen molar-refractivity contribution in [3.05, 3.63) is 81.9 Å². The van der Waals surface area contributed by atoms with Gasteiger partial charge in [-0.1, -0.05) is 12.1 Å². The van der Waals surface area contributed by atoms with Crippen LogP contribution < -0.4 is 19.3 Å². The van der Waals surface area contributed by atoms with Gasteiger partial charge >= 0.3 is 6.18 Å². The molecule has 1 N–H and O–H groups in total. The van der Waals surface area contributed by atoms with Crippen LogP contribution in [0.5, 0.6) is 11.5 Å². The van der Waals surface area contributed by atoms with E-state index in [9.17, 15) is 18.3 Å². The number of hydrogen-bond donors (Lipinski definition) is 1. The standard InChI is InChI=1S/C31H35F3N2O3/c1-19-20(2)28-26(30(37,29(4,5)39-28)22-7-9-23(10-8-22)31(32,33)34)21(3)27(19)36-17-15-35(16-18-36)24-11-13-25(38-6)14-12-24/h7-14,37H,15-18H2,1-6H3. The van der Waals surface area contributed by atoms with Crippen molar-refractivity contribution in [2.24, 2.45) is 0 Å². The molecule has 0 saturated carbocycles. The van der Waals surface area contributed by atoms with Crippen LogP contribution >= 0.6 is 0 Å². The van der Waals surface area contributed by atoms with Crippen LogP contribution in [0, 0.1) is 20.8 Å². The fraction of sp³-hybridized carbons (Fsp3) is 0.419. The third kappa shape index (κ3) is 4.29. The second-order valence-corrected chi connectivity index (χ2v) is 11.0. The average Bonchev–Trinajstić information content (AvgIpc) is 3.14. The number of aliphatic hydroxyl groups is 1. The Kier molecular flexibility index (Phi) is 6.53. The van der Waals surface area contributed by atoms with Crippen LogP contribution in [0.15, 0.2) is 48.5 Å². The quantitative estimate of drug-likeness (QED) is 0.417. The van der Waals surface area contributed by atoms with Gasteiger partial charge in [0.25, 0.3) is 0 Å². The highest BCUT2D eigenvalue weighted by atomic mass is 19.4. The molecule has 3 aromatic rings. The summed E-state index contributed by atoms with van der Waals surface area (Å²) in [7, 11) is 1.65. The van der Waals surface area contributed by atoms with Crippen LogP contribution in [-0.4, -0.2) is 44.0 Å². The fourth-order valence-corrected chi connectivity index (χ4v) is 6.15. The molecule has 1 saturated heterocycles. The molecule has 5 nitrogen and oxygen atoms in total. The van der Waals surface area contributed by atoms with Gasteiger partial charge in [-0.25, -0.2) is 0 Å². The van der Waals surface area contributed by atoms with Crippen LogP contribution in [0.2, 0.25) is 0 Å². The van der Waals surface area contributed by atoms with Gasteiger partial charge in [0.2, 0.25) is 0 Å². The van der Waals surface area contributed by atoms with Crippen LogP contribution in [-0.2, 0) is 11.8 Å². The first-order valence-corrected chi connectivity index (χ1v) is 13.2. The number of alkyl halides is 3. The normalized spacial score (nSPS) is 20.6. The second kappa shape index (κ2) is 9.37. The largest absolute Gasteiger partial charge is 0.497 e. The van der Waals surface area contributed by atoms with E-state index in [4.69, 9.17) is 9.47 Å². The highest BCUT2D eigenvalue weighted by Gasteiger charge is 2.57. The van der Waals surface area contributed by atoms with Crippen LogP contribution in [0.25, 0.3) is 0 Å². The molecule has 1 unspecified atom stereocenters. The second-order valence-electron chi connectivity index (χ2n) is 11.0. The summed E-state index contributed by atoms with van der Waals surface area (Å²) >= 11 is 0. The molecule has 2 aliphatic rings. The Bertz CT molecular complexity index is 1380. The summed E-state index contributed by atoms with van der Waals surface area (Å²) in [6.07, 6.45) is -4.45. The first-order valence-electron chi connectivity index (χ1n) is 13.2. The van der Waals surface area contributed by atoms with E-state index in [0.717, 1.165) is 72.1 Å². The van der Waals surface area contributed by atoms with Crippen molar-refractivity contribution in [3.63, 3.8) is 0 Å². The zero-order valence-electron chi connectivity index (χ0n) is 23.2. The number of hydrogen-bond acceptors (Lipinski definition) is 5. The smallest absolute Gasteiger partial charge is 0.416 e. The van der Waals surface area contributed by atoms with Crippen molar-refractivity contribution < 1.29 is 27.8 Å². The summed E-state index contributed by atoms with van der Waals surface area (Å²) in [6, 6.07) is 12.8. The number of anilines is 2. The van der Waals surface area contributed by atoms with Crippen LogP contribution in [0.4, 0.5) is 24.5 Å². The zero-order chi connectivity index (χ0) is 28.3. The zero-order valence-corrected chi connectivity index (χ0v) is 23.2. The van der Waals surface area contributed by atoms with Gasteiger partial charge in [-0.2, -0.15) is 13.2 Å². The Morgan fingerprint density at radius 3 is 1.92 bits per heavy atom. The van der Waals surface area contributed by atoms with Crippen molar-refractivity contribution in [3.8, 4) is 11.5 Å². The van der Waals surface area contributed by atoms with Gasteiger partial charge in [0, 0.05) is 43.1 Å². The number of benzene rings is 3. The van der Waals surface area contributed by atoms with E-state index in [-0.39, 0.29) is 0 Å². The molecule has 0 aliphatic carbocycles. The Morgan fingerprint density at radius 2 is 1.38 bits per heavy atom. The van der Waals surface area contributed by atoms with Gasteiger partial charge in [-0.15, -0.1) is 0 Å². The molecule has 208 valence electrons. The summed E-state index contributed by atoms with van der Waals surface area (Å²) < 4.78 is 51.5. The molecule has 0 aromatic heterocycles. The van der Waals surface area contributed by atoms with E-state index in [1.165, 1.54) is 12.1 Å². The summed E-state index contributed by atoms with van der Waals surface area (Å²) in [4.78, 5) is 4.68. The number of ether oxygens (including phenoxy) is 2. The molecule has 8 heteroatoms. The highest BCUT2D eigenvalue weighted by molar-refractivity contribution is 5.73. The predicted octanol–water partition coefficient (Wildman–Crippen LogP) is 6.37. The topological polar surface area (TPSA) is 45.2 Å². The number of piperazine rings is 1. The number of halogens is 3. The number of methoxy groups -OCH3 is 1. The molecule has 5 rings (SSSR count). The van der Waals surface area contributed by atoms with Crippen molar-refractivity contribution in [2.75, 3.05) is 43.1 Å².